The second kappa shape index (κ2) is 5.32. The predicted octanol–water partition coefficient (Wildman–Crippen LogP) is 0.00900. The van der Waals surface area contributed by atoms with Gasteiger partial charge < -0.3 is 19.8 Å². The lowest BCUT2D eigenvalue weighted by atomic mass is 10.1. The Bertz CT molecular complexity index is 438. The smallest absolute Gasteiger partial charge is 0.257 e. The van der Waals surface area contributed by atoms with Crippen LogP contribution in [-0.4, -0.2) is 57.9 Å². The van der Waals surface area contributed by atoms with Crippen molar-refractivity contribution in [1.82, 2.24) is 9.88 Å². The minimum Gasteiger partial charge on any atom is -0.505 e. The largest absolute Gasteiger partial charge is 0.505 e. The van der Waals surface area contributed by atoms with E-state index in [1.807, 2.05) is 6.92 Å². The zero-order valence-corrected chi connectivity index (χ0v) is 10.1. The number of aliphatic hydroxyl groups excluding tert-OH is 1. The third kappa shape index (κ3) is 2.60. The molecule has 2 rings (SSSR count). The molecule has 0 aliphatic carbocycles. The molecule has 0 spiro atoms. The Morgan fingerprint density at radius 3 is 3.06 bits per heavy atom. The first kappa shape index (κ1) is 12.8. The number of aliphatic hydroxyl groups is 1. The minimum absolute atomic E-state index is 0.129. The van der Waals surface area contributed by atoms with Gasteiger partial charge in [-0.1, -0.05) is 0 Å². The van der Waals surface area contributed by atoms with Gasteiger partial charge in [-0.15, -0.1) is 0 Å². The summed E-state index contributed by atoms with van der Waals surface area (Å²) in [5.74, 6) is -0.411. The van der Waals surface area contributed by atoms with Gasteiger partial charge in [-0.05, 0) is 13.0 Å². The second-order valence-electron chi connectivity index (χ2n) is 4.35. The van der Waals surface area contributed by atoms with Gasteiger partial charge in [0.2, 0.25) is 0 Å². The van der Waals surface area contributed by atoms with E-state index in [9.17, 15) is 9.90 Å². The van der Waals surface area contributed by atoms with E-state index >= 15 is 0 Å². The van der Waals surface area contributed by atoms with E-state index in [1.165, 1.54) is 18.5 Å². The van der Waals surface area contributed by atoms with Crippen LogP contribution in [0, 0.1) is 0 Å². The summed E-state index contributed by atoms with van der Waals surface area (Å²) in [6.07, 6.45) is 2.19. The van der Waals surface area contributed by atoms with Crippen molar-refractivity contribution < 1.29 is 19.7 Å². The van der Waals surface area contributed by atoms with E-state index in [4.69, 9.17) is 9.84 Å². The zero-order chi connectivity index (χ0) is 13.1. The Morgan fingerprint density at radius 2 is 2.39 bits per heavy atom. The maximum absolute atomic E-state index is 12.2. The van der Waals surface area contributed by atoms with Gasteiger partial charge in [-0.3, -0.25) is 9.78 Å². The van der Waals surface area contributed by atoms with Gasteiger partial charge in [0.1, 0.15) is 5.75 Å². The van der Waals surface area contributed by atoms with Gasteiger partial charge >= 0.3 is 0 Å². The molecule has 2 unspecified atom stereocenters. The Morgan fingerprint density at radius 1 is 1.61 bits per heavy atom. The average Bonchev–Trinajstić information content (AvgIpc) is 2.37. The molecule has 6 nitrogen and oxygen atoms in total. The zero-order valence-electron chi connectivity index (χ0n) is 10.1. The van der Waals surface area contributed by atoms with E-state index in [2.05, 4.69) is 4.98 Å². The molecular weight excluding hydrogens is 236 g/mol. The number of pyridine rings is 1. The fourth-order valence-electron chi connectivity index (χ4n) is 2.05. The van der Waals surface area contributed by atoms with E-state index in [0.29, 0.717) is 13.1 Å². The number of aromatic hydroxyl groups is 1. The van der Waals surface area contributed by atoms with Crippen LogP contribution in [0.5, 0.6) is 5.75 Å². The number of ether oxygens (including phenoxy) is 1. The van der Waals surface area contributed by atoms with Crippen LogP contribution >= 0.6 is 0 Å². The first-order valence-electron chi connectivity index (χ1n) is 5.80. The van der Waals surface area contributed by atoms with Crippen molar-refractivity contribution in [1.29, 1.82) is 0 Å². The number of amides is 1. The number of morpholine rings is 1. The first-order chi connectivity index (χ1) is 8.61. The Hall–Kier alpha value is -1.66. The Labute approximate surface area is 105 Å². The summed E-state index contributed by atoms with van der Waals surface area (Å²) in [5, 5.41) is 18.7. The van der Waals surface area contributed by atoms with E-state index < -0.39 is 0 Å². The molecule has 1 aromatic heterocycles. The molecule has 0 aromatic carbocycles. The third-order valence-electron chi connectivity index (χ3n) is 2.85. The summed E-state index contributed by atoms with van der Waals surface area (Å²) < 4.78 is 5.46. The summed E-state index contributed by atoms with van der Waals surface area (Å²) in [6, 6.07) is 1.48. The second-order valence-corrected chi connectivity index (χ2v) is 4.35. The van der Waals surface area contributed by atoms with E-state index in [1.54, 1.807) is 4.90 Å². The normalized spacial score (nSPS) is 24.0. The summed E-state index contributed by atoms with van der Waals surface area (Å²) in [4.78, 5) is 17.5. The lowest BCUT2D eigenvalue weighted by Crippen LogP contribution is -2.50. The van der Waals surface area contributed by atoms with Crippen LogP contribution in [0.1, 0.15) is 17.3 Å². The molecule has 2 N–H and O–H groups in total. The van der Waals surface area contributed by atoms with Crippen molar-refractivity contribution in [2.75, 3.05) is 19.7 Å². The lowest BCUT2D eigenvalue weighted by Gasteiger charge is -2.36. The molecule has 0 bridgehead atoms. The molecule has 1 fully saturated rings. The molecule has 6 heteroatoms. The summed E-state index contributed by atoms with van der Waals surface area (Å²) in [7, 11) is 0. The molecule has 1 saturated heterocycles. The van der Waals surface area contributed by atoms with Gasteiger partial charge in [0.05, 0.1) is 30.6 Å². The van der Waals surface area contributed by atoms with Crippen molar-refractivity contribution in [3.63, 3.8) is 0 Å². The molecule has 2 atom stereocenters. The van der Waals surface area contributed by atoms with E-state index in [-0.39, 0.29) is 36.0 Å². The van der Waals surface area contributed by atoms with Gasteiger partial charge in [-0.2, -0.15) is 0 Å². The molecule has 98 valence electrons. The van der Waals surface area contributed by atoms with Crippen LogP contribution < -0.4 is 0 Å². The van der Waals surface area contributed by atoms with Crippen LogP contribution in [0.3, 0.4) is 0 Å². The van der Waals surface area contributed by atoms with Crippen LogP contribution in [0.15, 0.2) is 18.5 Å². The fourth-order valence-corrected chi connectivity index (χ4v) is 2.05. The quantitative estimate of drug-likeness (QED) is 0.774. The van der Waals surface area contributed by atoms with Gasteiger partial charge in [0.15, 0.2) is 0 Å². The highest BCUT2D eigenvalue weighted by molar-refractivity contribution is 5.96. The molecule has 18 heavy (non-hydrogen) atoms. The average molecular weight is 252 g/mol. The molecule has 1 aliphatic heterocycles. The lowest BCUT2D eigenvalue weighted by molar-refractivity contribution is -0.0859. The number of nitrogens with zero attached hydrogens (tertiary/aromatic N) is 2. The van der Waals surface area contributed by atoms with Crippen LogP contribution in [0.2, 0.25) is 0 Å². The summed E-state index contributed by atoms with van der Waals surface area (Å²) in [6.45, 7) is 2.48. The monoisotopic (exact) mass is 252 g/mol. The van der Waals surface area contributed by atoms with Crippen molar-refractivity contribution >= 4 is 5.91 Å². The molecule has 0 saturated carbocycles. The Kier molecular flexibility index (Phi) is 3.78. The third-order valence-corrected chi connectivity index (χ3v) is 2.85. The highest BCUT2D eigenvalue weighted by atomic mass is 16.5. The highest BCUT2D eigenvalue weighted by Crippen LogP contribution is 2.19. The number of rotatable bonds is 2. The van der Waals surface area contributed by atoms with Crippen LogP contribution in [-0.2, 0) is 4.74 Å². The number of hydrogen-bond donors (Lipinski definition) is 2. The molecule has 1 aliphatic rings. The van der Waals surface area contributed by atoms with Crippen LogP contribution in [0.4, 0.5) is 0 Å². The fraction of sp³-hybridized carbons (Fsp3) is 0.500. The van der Waals surface area contributed by atoms with Gasteiger partial charge in [0, 0.05) is 19.3 Å². The number of aromatic nitrogens is 1. The summed E-state index contributed by atoms with van der Waals surface area (Å²) >= 11 is 0. The van der Waals surface area contributed by atoms with Crippen LogP contribution in [0.25, 0.3) is 0 Å². The van der Waals surface area contributed by atoms with E-state index in [0.717, 1.165) is 0 Å². The number of carbonyl (C=O) groups excluding carboxylic acids is 1. The molecular formula is C12H16N2O4. The van der Waals surface area contributed by atoms with Crippen molar-refractivity contribution in [2.45, 2.75) is 19.1 Å². The van der Waals surface area contributed by atoms with Crippen molar-refractivity contribution in [3.05, 3.63) is 24.0 Å². The predicted molar refractivity (Wildman–Crippen MR) is 63.2 cm³/mol. The molecule has 0 radical (unpaired) electrons. The Balaban J connectivity index is 2.16. The molecule has 2 heterocycles. The maximum Gasteiger partial charge on any atom is 0.257 e. The number of hydrogen-bond acceptors (Lipinski definition) is 5. The topological polar surface area (TPSA) is 82.9 Å². The number of carbonyl (C=O) groups is 1. The SMILES string of the molecule is CC1CN(C(=O)c2ccncc2O)CC(CO)O1. The first-order valence-corrected chi connectivity index (χ1v) is 5.80. The summed E-state index contributed by atoms with van der Waals surface area (Å²) in [5.41, 5.74) is 0.218. The van der Waals surface area contributed by atoms with Gasteiger partial charge in [0.25, 0.3) is 5.91 Å². The highest BCUT2D eigenvalue weighted by Gasteiger charge is 2.29. The van der Waals surface area contributed by atoms with Gasteiger partial charge in [-0.25, -0.2) is 0 Å². The standard InChI is InChI=1S/C12H16N2O4/c1-8-5-14(6-9(7-15)18-8)12(17)10-2-3-13-4-11(10)16/h2-4,8-9,15-16H,5-7H2,1H3. The molecule has 1 aromatic rings. The molecule has 1 amide bonds. The minimum atomic E-state index is -0.373. The van der Waals surface area contributed by atoms with Crippen molar-refractivity contribution in [3.8, 4) is 5.75 Å². The van der Waals surface area contributed by atoms with Crippen molar-refractivity contribution in [2.24, 2.45) is 0 Å². The maximum atomic E-state index is 12.2.